The maximum atomic E-state index is 4.60. The van der Waals surface area contributed by atoms with E-state index in [0.717, 1.165) is 43.5 Å². The van der Waals surface area contributed by atoms with Crippen LogP contribution in [0.2, 0.25) is 0 Å². The molecule has 0 saturated heterocycles. The Morgan fingerprint density at radius 2 is 2.07 bits per heavy atom. The van der Waals surface area contributed by atoms with Crippen molar-refractivity contribution in [2.45, 2.75) is 64.7 Å². The predicted octanol–water partition coefficient (Wildman–Crippen LogP) is 2.72. The van der Waals surface area contributed by atoms with Crippen LogP contribution >= 0.6 is 0 Å². The molecule has 2 aromatic rings. The highest BCUT2D eigenvalue weighted by Gasteiger charge is 2.26. The molecule has 2 atom stereocenters. The van der Waals surface area contributed by atoms with Gasteiger partial charge in [0.05, 0.1) is 6.04 Å². The second-order valence-electron chi connectivity index (χ2n) is 8.17. The van der Waals surface area contributed by atoms with Crippen LogP contribution in [0.1, 0.15) is 62.9 Å². The highest BCUT2D eigenvalue weighted by atomic mass is 15.4. The molecule has 7 heteroatoms. The SMILES string of the molecule is CN=C(NCC(C)(C)NC(C)c1ccccc1)NC1CCCn2nc(C)nc21. The van der Waals surface area contributed by atoms with Gasteiger partial charge in [-0.05, 0) is 46.1 Å². The van der Waals surface area contributed by atoms with E-state index in [0.29, 0.717) is 0 Å². The number of nitrogens with zero attached hydrogens (tertiary/aromatic N) is 4. The molecule has 152 valence electrons. The third-order valence-electron chi connectivity index (χ3n) is 5.12. The Balaban J connectivity index is 1.56. The molecule has 7 nitrogen and oxygen atoms in total. The van der Waals surface area contributed by atoms with Gasteiger partial charge in [-0.15, -0.1) is 0 Å². The lowest BCUT2D eigenvalue weighted by Crippen LogP contribution is -2.52. The van der Waals surface area contributed by atoms with Crippen molar-refractivity contribution >= 4 is 5.96 Å². The molecule has 0 saturated carbocycles. The van der Waals surface area contributed by atoms with Crippen LogP contribution in [0.3, 0.4) is 0 Å². The molecule has 1 aromatic carbocycles. The number of nitrogens with one attached hydrogen (secondary N) is 3. The lowest BCUT2D eigenvalue weighted by Gasteiger charge is -2.32. The smallest absolute Gasteiger partial charge is 0.191 e. The summed E-state index contributed by atoms with van der Waals surface area (Å²) in [5.41, 5.74) is 1.19. The van der Waals surface area contributed by atoms with Gasteiger partial charge in [-0.2, -0.15) is 5.10 Å². The summed E-state index contributed by atoms with van der Waals surface area (Å²) in [6.45, 7) is 10.2. The summed E-state index contributed by atoms with van der Waals surface area (Å²) in [6, 6.07) is 10.9. The van der Waals surface area contributed by atoms with Gasteiger partial charge in [-0.3, -0.25) is 4.99 Å². The number of rotatable bonds is 6. The number of fused-ring (bicyclic) bond motifs is 1. The van der Waals surface area contributed by atoms with Crippen LogP contribution in [0.15, 0.2) is 35.3 Å². The minimum Gasteiger partial charge on any atom is -0.355 e. The quantitative estimate of drug-likeness (QED) is 0.528. The summed E-state index contributed by atoms with van der Waals surface area (Å²) in [6.07, 6.45) is 2.12. The van der Waals surface area contributed by atoms with E-state index >= 15 is 0 Å². The number of aryl methyl sites for hydroxylation is 2. The first-order chi connectivity index (χ1) is 13.4. The van der Waals surface area contributed by atoms with E-state index < -0.39 is 0 Å². The summed E-state index contributed by atoms with van der Waals surface area (Å²) < 4.78 is 2.01. The minimum atomic E-state index is -0.101. The summed E-state index contributed by atoms with van der Waals surface area (Å²) in [5, 5.41) is 15.2. The van der Waals surface area contributed by atoms with Crippen molar-refractivity contribution in [3.05, 3.63) is 47.5 Å². The van der Waals surface area contributed by atoms with Crippen LogP contribution in [-0.4, -0.2) is 39.9 Å². The first-order valence-electron chi connectivity index (χ1n) is 10.1. The molecule has 0 amide bonds. The molecule has 3 N–H and O–H groups in total. The predicted molar refractivity (Wildman–Crippen MR) is 113 cm³/mol. The van der Waals surface area contributed by atoms with Gasteiger partial charge in [0.25, 0.3) is 0 Å². The van der Waals surface area contributed by atoms with Crippen molar-refractivity contribution in [3.63, 3.8) is 0 Å². The van der Waals surface area contributed by atoms with Gasteiger partial charge < -0.3 is 16.0 Å². The molecule has 0 radical (unpaired) electrons. The van der Waals surface area contributed by atoms with Crippen LogP contribution in [-0.2, 0) is 6.54 Å². The molecule has 28 heavy (non-hydrogen) atoms. The molecule has 1 aliphatic heterocycles. The Morgan fingerprint density at radius 1 is 1.32 bits per heavy atom. The van der Waals surface area contributed by atoms with Gasteiger partial charge >= 0.3 is 0 Å². The highest BCUT2D eigenvalue weighted by Crippen LogP contribution is 2.23. The summed E-state index contributed by atoms with van der Waals surface area (Å²) in [4.78, 5) is 9.01. The Morgan fingerprint density at radius 3 is 2.79 bits per heavy atom. The van der Waals surface area contributed by atoms with Crippen LogP contribution in [0.5, 0.6) is 0 Å². The average Bonchev–Trinajstić information content (AvgIpc) is 3.06. The zero-order valence-electron chi connectivity index (χ0n) is 17.7. The lowest BCUT2D eigenvalue weighted by atomic mass is 10.0. The fourth-order valence-corrected chi connectivity index (χ4v) is 3.73. The molecule has 0 fully saturated rings. The molecule has 0 spiro atoms. The topological polar surface area (TPSA) is 79.2 Å². The Bertz CT molecular complexity index is 794. The van der Waals surface area contributed by atoms with Crippen LogP contribution < -0.4 is 16.0 Å². The molecule has 1 aromatic heterocycles. The maximum Gasteiger partial charge on any atom is 0.191 e. The third kappa shape index (κ3) is 5.10. The molecule has 0 bridgehead atoms. The summed E-state index contributed by atoms with van der Waals surface area (Å²) in [5.74, 6) is 2.62. The van der Waals surface area contributed by atoms with Gasteiger partial charge in [0.15, 0.2) is 5.96 Å². The second-order valence-corrected chi connectivity index (χ2v) is 8.17. The van der Waals surface area contributed by atoms with E-state index in [9.17, 15) is 0 Å². The first kappa shape index (κ1) is 20.3. The second kappa shape index (κ2) is 8.73. The highest BCUT2D eigenvalue weighted by molar-refractivity contribution is 5.80. The van der Waals surface area contributed by atoms with E-state index in [2.05, 4.69) is 76.1 Å². The molecule has 0 aliphatic carbocycles. The molecular formula is C21H33N7. The Hall–Kier alpha value is -2.41. The first-order valence-corrected chi connectivity index (χ1v) is 10.1. The largest absolute Gasteiger partial charge is 0.355 e. The number of aromatic nitrogens is 3. The average molecular weight is 384 g/mol. The number of hydrogen-bond donors (Lipinski definition) is 3. The number of hydrogen-bond acceptors (Lipinski definition) is 4. The molecule has 2 heterocycles. The van der Waals surface area contributed by atoms with Crippen LogP contribution in [0.25, 0.3) is 0 Å². The fourth-order valence-electron chi connectivity index (χ4n) is 3.73. The van der Waals surface area contributed by atoms with E-state index in [1.807, 2.05) is 17.7 Å². The van der Waals surface area contributed by atoms with Crippen molar-refractivity contribution in [1.29, 1.82) is 0 Å². The van der Waals surface area contributed by atoms with Gasteiger partial charge in [-0.25, -0.2) is 9.67 Å². The zero-order valence-corrected chi connectivity index (χ0v) is 17.7. The van der Waals surface area contributed by atoms with E-state index in [1.54, 1.807) is 7.05 Å². The fraction of sp³-hybridized carbons (Fsp3) is 0.571. The third-order valence-corrected chi connectivity index (χ3v) is 5.12. The van der Waals surface area contributed by atoms with E-state index in [4.69, 9.17) is 0 Å². The van der Waals surface area contributed by atoms with Crippen molar-refractivity contribution in [3.8, 4) is 0 Å². The summed E-state index contributed by atoms with van der Waals surface area (Å²) >= 11 is 0. The minimum absolute atomic E-state index is 0.101. The van der Waals surface area contributed by atoms with Gasteiger partial charge in [-0.1, -0.05) is 30.3 Å². The zero-order chi connectivity index (χ0) is 20.1. The van der Waals surface area contributed by atoms with Gasteiger partial charge in [0, 0.05) is 31.7 Å². The number of benzene rings is 1. The van der Waals surface area contributed by atoms with Crippen molar-refractivity contribution in [2.75, 3.05) is 13.6 Å². The normalized spacial score (nSPS) is 18.5. The Kier molecular flexibility index (Phi) is 6.34. The Labute approximate surface area is 168 Å². The van der Waals surface area contributed by atoms with Crippen molar-refractivity contribution < 1.29 is 0 Å². The molecule has 1 aliphatic rings. The van der Waals surface area contributed by atoms with Crippen LogP contribution in [0.4, 0.5) is 0 Å². The van der Waals surface area contributed by atoms with Gasteiger partial charge in [0.2, 0.25) is 0 Å². The number of aliphatic imine (C=N–C) groups is 1. The van der Waals surface area contributed by atoms with E-state index in [-0.39, 0.29) is 17.6 Å². The summed E-state index contributed by atoms with van der Waals surface area (Å²) in [7, 11) is 1.81. The maximum absolute atomic E-state index is 4.60. The lowest BCUT2D eigenvalue weighted by molar-refractivity contribution is 0.342. The van der Waals surface area contributed by atoms with E-state index in [1.165, 1.54) is 5.56 Å². The molecular weight excluding hydrogens is 350 g/mol. The van der Waals surface area contributed by atoms with Crippen molar-refractivity contribution in [1.82, 2.24) is 30.7 Å². The number of guanidine groups is 1. The monoisotopic (exact) mass is 383 g/mol. The van der Waals surface area contributed by atoms with Crippen LogP contribution in [0, 0.1) is 6.92 Å². The van der Waals surface area contributed by atoms with Gasteiger partial charge in [0.1, 0.15) is 11.6 Å². The molecule has 3 rings (SSSR count). The molecule has 2 unspecified atom stereocenters. The van der Waals surface area contributed by atoms with Crippen molar-refractivity contribution in [2.24, 2.45) is 4.99 Å². The standard InChI is InChI=1S/C21H33N7/c1-15(17-10-7-6-8-11-17)26-21(3,4)14-23-20(22-5)25-18-12-9-13-28-19(18)24-16(2)27-28/h6-8,10-11,15,18,26H,9,12-14H2,1-5H3,(H2,22,23,25).